The number of carbonyl (C=O) groups is 1. The summed E-state index contributed by atoms with van der Waals surface area (Å²) >= 11 is 0. The van der Waals surface area contributed by atoms with E-state index in [2.05, 4.69) is 4.98 Å². The van der Waals surface area contributed by atoms with Crippen LogP contribution in [0.25, 0.3) is 0 Å². The number of hydrogen-bond acceptors (Lipinski definition) is 4. The first-order chi connectivity index (χ1) is 9.49. The molecule has 2 heterocycles. The third-order valence-corrected chi connectivity index (χ3v) is 3.68. The lowest BCUT2D eigenvalue weighted by atomic mass is 9.97. The molecular formula is C13H20N4O3. The van der Waals surface area contributed by atoms with E-state index in [0.29, 0.717) is 6.54 Å². The van der Waals surface area contributed by atoms with Crippen LogP contribution in [0, 0.1) is 0 Å². The first kappa shape index (κ1) is 14.5. The third kappa shape index (κ3) is 3.16. The molecule has 0 aromatic carbocycles. The summed E-state index contributed by atoms with van der Waals surface area (Å²) in [7, 11) is 0. The molecule has 0 bridgehead atoms. The molecule has 0 spiro atoms. The van der Waals surface area contributed by atoms with Crippen molar-refractivity contribution in [3.63, 3.8) is 0 Å². The smallest absolute Gasteiger partial charge is 0.328 e. The summed E-state index contributed by atoms with van der Waals surface area (Å²) in [5.74, 6) is -0.138. The first-order valence-electron chi connectivity index (χ1n) is 6.84. The molecule has 110 valence electrons. The summed E-state index contributed by atoms with van der Waals surface area (Å²) in [5.41, 5.74) is 4.89. The van der Waals surface area contributed by atoms with Gasteiger partial charge in [0.05, 0.1) is 0 Å². The van der Waals surface area contributed by atoms with Crippen LogP contribution in [0.1, 0.15) is 26.2 Å². The van der Waals surface area contributed by atoms with Crippen molar-refractivity contribution in [1.82, 2.24) is 14.5 Å². The van der Waals surface area contributed by atoms with Gasteiger partial charge in [-0.3, -0.25) is 19.1 Å². The maximum absolute atomic E-state index is 12.3. The second kappa shape index (κ2) is 6.04. The molecule has 3 N–H and O–H groups in total. The highest BCUT2D eigenvalue weighted by Crippen LogP contribution is 2.19. The van der Waals surface area contributed by atoms with Crippen LogP contribution >= 0.6 is 0 Å². The highest BCUT2D eigenvalue weighted by atomic mass is 16.2. The minimum absolute atomic E-state index is 0.0229. The van der Waals surface area contributed by atoms with E-state index in [4.69, 9.17) is 5.73 Å². The fourth-order valence-corrected chi connectivity index (χ4v) is 2.62. The summed E-state index contributed by atoms with van der Waals surface area (Å²) < 4.78 is 1.20. The van der Waals surface area contributed by atoms with Gasteiger partial charge in [-0.2, -0.15) is 0 Å². The molecule has 0 aliphatic carbocycles. The molecule has 1 saturated heterocycles. The van der Waals surface area contributed by atoms with Crippen LogP contribution in [0.5, 0.6) is 0 Å². The molecule has 2 unspecified atom stereocenters. The Morgan fingerprint density at radius 3 is 2.90 bits per heavy atom. The SMILES string of the molecule is CC(N)C1CCCCN1C(=O)Cn1ccc(=O)[nH]c1=O. The van der Waals surface area contributed by atoms with Gasteiger partial charge < -0.3 is 10.6 Å². The predicted molar refractivity (Wildman–Crippen MR) is 74.3 cm³/mol. The number of aromatic amines is 1. The first-order valence-corrected chi connectivity index (χ1v) is 6.84. The van der Waals surface area contributed by atoms with E-state index in [-0.39, 0.29) is 24.5 Å². The van der Waals surface area contributed by atoms with E-state index < -0.39 is 11.2 Å². The number of nitrogens with zero attached hydrogens (tertiary/aromatic N) is 2. The normalized spacial score (nSPS) is 20.7. The Hall–Kier alpha value is -1.89. The van der Waals surface area contributed by atoms with Gasteiger partial charge in [0.2, 0.25) is 5.91 Å². The molecule has 7 heteroatoms. The lowest BCUT2D eigenvalue weighted by Gasteiger charge is -2.38. The van der Waals surface area contributed by atoms with Gasteiger partial charge in [0, 0.05) is 30.9 Å². The van der Waals surface area contributed by atoms with E-state index in [0.717, 1.165) is 19.3 Å². The zero-order valence-electron chi connectivity index (χ0n) is 11.5. The van der Waals surface area contributed by atoms with Crippen molar-refractivity contribution >= 4 is 5.91 Å². The molecule has 1 aromatic heterocycles. The van der Waals surface area contributed by atoms with Crippen molar-refractivity contribution in [2.24, 2.45) is 5.73 Å². The van der Waals surface area contributed by atoms with Gasteiger partial charge in [0.15, 0.2) is 0 Å². The van der Waals surface area contributed by atoms with Crippen LogP contribution in [0.4, 0.5) is 0 Å². The Bertz CT molecular complexity index is 590. The van der Waals surface area contributed by atoms with Gasteiger partial charge in [-0.1, -0.05) is 0 Å². The number of piperidine rings is 1. The fraction of sp³-hybridized carbons (Fsp3) is 0.615. The molecule has 7 nitrogen and oxygen atoms in total. The molecule has 2 rings (SSSR count). The Balaban J connectivity index is 2.14. The van der Waals surface area contributed by atoms with Gasteiger partial charge in [-0.15, -0.1) is 0 Å². The molecule has 1 aromatic rings. The average Bonchev–Trinajstić information content (AvgIpc) is 2.41. The molecule has 2 atom stereocenters. The Labute approximate surface area is 116 Å². The largest absolute Gasteiger partial charge is 0.337 e. The lowest BCUT2D eigenvalue weighted by Crippen LogP contribution is -2.53. The summed E-state index contributed by atoms with van der Waals surface area (Å²) in [6.45, 7) is 2.49. The molecular weight excluding hydrogens is 260 g/mol. The van der Waals surface area contributed by atoms with Gasteiger partial charge in [0.1, 0.15) is 6.54 Å². The summed E-state index contributed by atoms with van der Waals surface area (Å²) in [5, 5.41) is 0. The Kier molecular flexibility index (Phi) is 4.39. The van der Waals surface area contributed by atoms with Crippen molar-refractivity contribution in [2.45, 2.75) is 44.8 Å². The van der Waals surface area contributed by atoms with E-state index in [1.165, 1.54) is 16.8 Å². The predicted octanol–water partition coefficient (Wildman–Crippen LogP) is -0.735. The molecule has 1 amide bonds. The van der Waals surface area contributed by atoms with Gasteiger partial charge in [-0.05, 0) is 26.2 Å². The minimum atomic E-state index is -0.569. The number of carbonyl (C=O) groups excluding carboxylic acids is 1. The maximum atomic E-state index is 12.3. The van der Waals surface area contributed by atoms with Gasteiger partial charge in [-0.25, -0.2) is 4.79 Å². The molecule has 1 aliphatic heterocycles. The highest BCUT2D eigenvalue weighted by molar-refractivity contribution is 5.76. The molecule has 1 aliphatic rings. The van der Waals surface area contributed by atoms with Crippen molar-refractivity contribution in [1.29, 1.82) is 0 Å². The van der Waals surface area contributed by atoms with E-state index in [1.54, 1.807) is 4.90 Å². The van der Waals surface area contributed by atoms with Crippen molar-refractivity contribution in [2.75, 3.05) is 6.54 Å². The quantitative estimate of drug-likeness (QED) is 0.761. The van der Waals surface area contributed by atoms with Crippen molar-refractivity contribution < 1.29 is 4.79 Å². The lowest BCUT2D eigenvalue weighted by molar-refractivity contribution is -0.136. The highest BCUT2D eigenvalue weighted by Gasteiger charge is 2.29. The number of amides is 1. The number of nitrogens with one attached hydrogen (secondary N) is 1. The average molecular weight is 280 g/mol. The zero-order chi connectivity index (χ0) is 14.7. The Morgan fingerprint density at radius 2 is 2.25 bits per heavy atom. The van der Waals surface area contributed by atoms with Crippen molar-refractivity contribution in [3.8, 4) is 0 Å². The summed E-state index contributed by atoms with van der Waals surface area (Å²) in [6.07, 6.45) is 4.25. The molecule has 0 saturated carbocycles. The standard InChI is InChI=1S/C13H20N4O3/c1-9(14)10-4-2-3-6-17(10)12(19)8-16-7-5-11(18)15-13(16)20/h5,7,9-10H,2-4,6,8,14H2,1H3,(H,15,18,20). The van der Waals surface area contributed by atoms with Crippen LogP contribution in [-0.4, -0.2) is 39.0 Å². The number of nitrogens with two attached hydrogens (primary N) is 1. The number of hydrogen-bond donors (Lipinski definition) is 2. The Morgan fingerprint density at radius 1 is 1.50 bits per heavy atom. The fourth-order valence-electron chi connectivity index (χ4n) is 2.62. The van der Waals surface area contributed by atoms with Crippen LogP contribution in [-0.2, 0) is 11.3 Å². The number of rotatable bonds is 3. The maximum Gasteiger partial charge on any atom is 0.328 e. The van der Waals surface area contributed by atoms with E-state index >= 15 is 0 Å². The van der Waals surface area contributed by atoms with Gasteiger partial charge in [0.25, 0.3) is 5.56 Å². The van der Waals surface area contributed by atoms with Gasteiger partial charge >= 0.3 is 5.69 Å². The van der Waals surface area contributed by atoms with Crippen LogP contribution in [0.15, 0.2) is 21.9 Å². The topological polar surface area (TPSA) is 101 Å². The molecule has 0 radical (unpaired) electrons. The number of likely N-dealkylation sites (tertiary alicyclic amines) is 1. The van der Waals surface area contributed by atoms with E-state index in [1.807, 2.05) is 6.92 Å². The second-order valence-electron chi connectivity index (χ2n) is 5.25. The molecule has 20 heavy (non-hydrogen) atoms. The van der Waals surface area contributed by atoms with Crippen LogP contribution in [0.2, 0.25) is 0 Å². The summed E-state index contributed by atoms with van der Waals surface area (Å²) in [4.78, 5) is 38.8. The summed E-state index contributed by atoms with van der Waals surface area (Å²) in [6, 6.07) is 1.16. The number of aromatic nitrogens is 2. The van der Waals surface area contributed by atoms with Crippen molar-refractivity contribution in [3.05, 3.63) is 33.1 Å². The number of H-pyrrole nitrogens is 1. The van der Waals surface area contributed by atoms with Crippen LogP contribution in [0.3, 0.4) is 0 Å². The second-order valence-corrected chi connectivity index (χ2v) is 5.25. The molecule has 1 fully saturated rings. The monoisotopic (exact) mass is 280 g/mol. The minimum Gasteiger partial charge on any atom is -0.337 e. The third-order valence-electron chi connectivity index (χ3n) is 3.68. The zero-order valence-corrected chi connectivity index (χ0v) is 11.5. The van der Waals surface area contributed by atoms with Crippen LogP contribution < -0.4 is 17.0 Å². The van der Waals surface area contributed by atoms with E-state index in [9.17, 15) is 14.4 Å².